The Labute approximate surface area is 61.6 Å². The fraction of sp³-hybridized carbons (Fsp3) is 1.00. The van der Waals surface area contributed by atoms with Gasteiger partial charge in [-0.15, -0.1) is 0 Å². The molecule has 0 aromatic carbocycles. The van der Waals surface area contributed by atoms with Gasteiger partial charge in [0.1, 0.15) is 0 Å². The van der Waals surface area contributed by atoms with Gasteiger partial charge < -0.3 is 10.0 Å². The number of rotatable bonds is 6. The highest BCUT2D eigenvalue weighted by Gasteiger charge is 1.98. The van der Waals surface area contributed by atoms with Crippen LogP contribution in [0.5, 0.6) is 0 Å². The molecule has 10 heavy (non-hydrogen) atoms. The van der Waals surface area contributed by atoms with Crippen LogP contribution in [0.2, 0.25) is 0 Å². The molecule has 0 radical (unpaired) electrons. The van der Waals surface area contributed by atoms with Crippen LogP contribution < -0.4 is 0 Å². The zero-order valence-electron chi connectivity index (χ0n) is 6.52. The van der Waals surface area contributed by atoms with Gasteiger partial charge in [-0.2, -0.15) is 0 Å². The van der Waals surface area contributed by atoms with Crippen LogP contribution in [0.4, 0.5) is 4.39 Å². The average Bonchev–Trinajstić information content (AvgIpc) is 1.98. The maximum atomic E-state index is 11.6. The molecule has 0 fully saturated rings. The molecule has 0 saturated heterocycles. The maximum Gasteiger partial charge on any atom is 0.0906 e. The Hall–Kier alpha value is -0.150. The van der Waals surface area contributed by atoms with Crippen LogP contribution in [-0.4, -0.2) is 42.9 Å². The van der Waals surface area contributed by atoms with Gasteiger partial charge >= 0.3 is 0 Å². The van der Waals surface area contributed by atoms with Crippen molar-refractivity contribution in [1.29, 1.82) is 0 Å². The molecule has 0 aliphatic rings. The second-order valence-electron chi connectivity index (χ2n) is 2.20. The lowest BCUT2D eigenvalue weighted by molar-refractivity contribution is 0.196. The number of alkyl halides is 1. The molecule has 0 saturated carbocycles. The molecule has 3 heteroatoms. The molecule has 62 valence electrons. The molecule has 1 N–H and O–H groups in total. The molecule has 0 spiro atoms. The van der Waals surface area contributed by atoms with Gasteiger partial charge in [0.25, 0.3) is 0 Å². The Morgan fingerprint density at radius 2 is 2.10 bits per heavy atom. The first kappa shape index (κ1) is 9.85. The van der Waals surface area contributed by atoms with Gasteiger partial charge in [0.2, 0.25) is 0 Å². The third-order valence-corrected chi connectivity index (χ3v) is 1.47. The third kappa shape index (κ3) is 4.70. The molecule has 0 heterocycles. The van der Waals surface area contributed by atoms with Crippen LogP contribution in [0.1, 0.15) is 13.3 Å². The first-order valence-electron chi connectivity index (χ1n) is 3.74. The van der Waals surface area contributed by atoms with Crippen molar-refractivity contribution in [2.75, 3.05) is 32.9 Å². The molecule has 0 rings (SSSR count). The highest BCUT2D eigenvalue weighted by atomic mass is 18.2. The number of aliphatic hydroxyl groups excluding tert-OH is 1. The van der Waals surface area contributed by atoms with E-state index >= 15 is 0 Å². The van der Waals surface area contributed by atoms with Crippen molar-refractivity contribution < 1.29 is 9.50 Å². The predicted molar refractivity (Wildman–Crippen MR) is 39.8 cm³/mol. The highest BCUT2D eigenvalue weighted by Crippen LogP contribution is 1.90. The van der Waals surface area contributed by atoms with Crippen molar-refractivity contribution >= 4 is 0 Å². The van der Waals surface area contributed by atoms with E-state index in [0.717, 1.165) is 13.1 Å². The Balaban J connectivity index is 3.21. The molecule has 0 aliphatic carbocycles. The summed E-state index contributed by atoms with van der Waals surface area (Å²) in [7, 11) is 0. The number of halogens is 1. The summed E-state index contributed by atoms with van der Waals surface area (Å²) in [5.41, 5.74) is 0. The Morgan fingerprint density at radius 1 is 1.40 bits per heavy atom. The van der Waals surface area contributed by atoms with E-state index in [1.54, 1.807) is 0 Å². The van der Waals surface area contributed by atoms with E-state index in [1.165, 1.54) is 0 Å². The molecule has 0 aliphatic heterocycles. The van der Waals surface area contributed by atoms with E-state index in [4.69, 9.17) is 5.11 Å². The van der Waals surface area contributed by atoms with E-state index in [9.17, 15) is 4.39 Å². The number of nitrogens with zero attached hydrogens (tertiary/aromatic N) is 1. The van der Waals surface area contributed by atoms with Crippen molar-refractivity contribution in [2.24, 2.45) is 0 Å². The van der Waals surface area contributed by atoms with Gasteiger partial charge in [0.05, 0.1) is 13.3 Å². The van der Waals surface area contributed by atoms with Crippen molar-refractivity contribution in [2.45, 2.75) is 13.3 Å². The molecule has 0 bridgehead atoms. The minimum atomic E-state index is -0.262. The summed E-state index contributed by atoms with van der Waals surface area (Å²) in [6, 6.07) is 0. The first-order chi connectivity index (χ1) is 4.85. The van der Waals surface area contributed by atoms with Gasteiger partial charge in [-0.1, -0.05) is 6.92 Å². The Morgan fingerprint density at radius 3 is 2.50 bits per heavy atom. The van der Waals surface area contributed by atoms with E-state index in [-0.39, 0.29) is 13.3 Å². The molecular weight excluding hydrogens is 132 g/mol. The van der Waals surface area contributed by atoms with Gasteiger partial charge in [0, 0.05) is 13.1 Å². The fourth-order valence-electron chi connectivity index (χ4n) is 0.853. The maximum absolute atomic E-state index is 11.6. The van der Waals surface area contributed by atoms with Gasteiger partial charge in [0.15, 0.2) is 0 Å². The zero-order valence-corrected chi connectivity index (χ0v) is 6.52. The number of likely N-dealkylation sites (N-methyl/N-ethyl adjacent to an activating group) is 1. The second kappa shape index (κ2) is 6.96. The van der Waals surface area contributed by atoms with E-state index in [2.05, 4.69) is 0 Å². The summed E-state index contributed by atoms with van der Waals surface area (Å²) in [4.78, 5) is 2.03. The van der Waals surface area contributed by atoms with E-state index < -0.39 is 0 Å². The predicted octanol–water partition coefficient (Wildman–Crippen LogP) is 0.660. The minimum Gasteiger partial charge on any atom is -0.395 e. The fourth-order valence-corrected chi connectivity index (χ4v) is 0.853. The van der Waals surface area contributed by atoms with E-state index in [1.807, 2.05) is 11.8 Å². The van der Waals surface area contributed by atoms with Crippen molar-refractivity contribution in [1.82, 2.24) is 4.90 Å². The van der Waals surface area contributed by atoms with Gasteiger partial charge in [-0.05, 0) is 13.0 Å². The summed E-state index contributed by atoms with van der Waals surface area (Å²) in [6.45, 7) is 4.22. The molecule has 0 amide bonds. The number of aliphatic hydroxyl groups is 1. The summed E-state index contributed by atoms with van der Waals surface area (Å²) in [6.07, 6.45) is 0.577. The highest BCUT2D eigenvalue weighted by molar-refractivity contribution is 4.52. The van der Waals surface area contributed by atoms with Gasteiger partial charge in [-0.3, -0.25) is 4.39 Å². The number of hydrogen-bond donors (Lipinski definition) is 1. The van der Waals surface area contributed by atoms with Crippen LogP contribution in [0.15, 0.2) is 0 Å². The molecule has 0 aromatic rings. The van der Waals surface area contributed by atoms with Crippen LogP contribution in [0.25, 0.3) is 0 Å². The number of hydrogen-bond acceptors (Lipinski definition) is 2. The molecule has 0 atom stereocenters. The zero-order chi connectivity index (χ0) is 7.82. The second-order valence-corrected chi connectivity index (χ2v) is 2.20. The summed E-state index contributed by atoms with van der Waals surface area (Å²) < 4.78 is 11.6. The van der Waals surface area contributed by atoms with Crippen molar-refractivity contribution in [3.8, 4) is 0 Å². The molecule has 0 aromatic heterocycles. The van der Waals surface area contributed by atoms with Crippen molar-refractivity contribution in [3.05, 3.63) is 0 Å². The summed E-state index contributed by atoms with van der Waals surface area (Å²) >= 11 is 0. The smallest absolute Gasteiger partial charge is 0.0906 e. The summed E-state index contributed by atoms with van der Waals surface area (Å²) in [5.74, 6) is 0. The molecule has 2 nitrogen and oxygen atoms in total. The van der Waals surface area contributed by atoms with Crippen LogP contribution in [0.3, 0.4) is 0 Å². The monoisotopic (exact) mass is 148 g/mol. The van der Waals surface area contributed by atoms with Crippen LogP contribution in [-0.2, 0) is 0 Å². The lowest BCUT2D eigenvalue weighted by Crippen LogP contribution is -2.27. The Kier molecular flexibility index (Phi) is 6.86. The largest absolute Gasteiger partial charge is 0.395 e. The topological polar surface area (TPSA) is 23.5 Å². The van der Waals surface area contributed by atoms with Crippen molar-refractivity contribution in [3.63, 3.8) is 0 Å². The quantitative estimate of drug-likeness (QED) is 0.598. The third-order valence-electron chi connectivity index (χ3n) is 1.47. The minimum absolute atomic E-state index is 0.167. The Bertz CT molecular complexity index is 70.6. The first-order valence-corrected chi connectivity index (χ1v) is 3.74. The lowest BCUT2D eigenvalue weighted by Gasteiger charge is -2.17. The lowest BCUT2D eigenvalue weighted by atomic mass is 10.4. The SMILES string of the molecule is CCN(CCO)CCC[18F]. The molecule has 0 unspecified atom stereocenters. The summed E-state index contributed by atoms with van der Waals surface area (Å²) in [5, 5.41) is 8.53. The average molecular weight is 148 g/mol. The normalized spacial score (nSPS) is 10.8. The van der Waals surface area contributed by atoms with Gasteiger partial charge in [-0.25, -0.2) is 0 Å². The molecular formula is C7H16FNO. The van der Waals surface area contributed by atoms with Crippen LogP contribution >= 0.6 is 0 Å². The van der Waals surface area contributed by atoms with E-state index in [0.29, 0.717) is 13.0 Å². The standard InChI is InChI=1S/C7H16FNO/c1-2-9(6-7-10)5-3-4-8/h10H,2-7H2,1H3/i8-1. The van der Waals surface area contributed by atoms with Crippen LogP contribution in [0, 0.1) is 0 Å².